The average molecular weight is 251 g/mol. The molecule has 1 saturated heterocycles. The quantitative estimate of drug-likeness (QED) is 0.736. The van der Waals surface area contributed by atoms with E-state index in [4.69, 9.17) is 5.73 Å². The lowest BCUT2D eigenvalue weighted by Gasteiger charge is -2.31. The van der Waals surface area contributed by atoms with E-state index >= 15 is 0 Å². The Balaban J connectivity index is 2.08. The summed E-state index contributed by atoms with van der Waals surface area (Å²) in [5, 5.41) is 3.41. The molecular formula is C11H21N7. The standard InChI is InChI=1S/C11H21N7/c1-8-6-18(5-4-13-8)7-9-14-10(12)16-11(15-9)17(2)3/h8,13H,4-7H2,1-3H3,(H2,12,14,15,16)/t8-/m0/s1. The molecule has 2 heterocycles. The fraction of sp³-hybridized carbons (Fsp3) is 0.727. The zero-order valence-electron chi connectivity index (χ0n) is 11.2. The fourth-order valence-electron chi connectivity index (χ4n) is 2.05. The van der Waals surface area contributed by atoms with E-state index in [1.165, 1.54) is 0 Å². The first-order chi connectivity index (χ1) is 8.54. The summed E-state index contributed by atoms with van der Waals surface area (Å²) in [5.74, 6) is 1.63. The van der Waals surface area contributed by atoms with Crippen molar-refractivity contribution >= 4 is 11.9 Å². The number of nitrogens with zero attached hydrogens (tertiary/aromatic N) is 5. The highest BCUT2D eigenvalue weighted by Crippen LogP contribution is 2.09. The number of nitrogens with two attached hydrogens (primary N) is 1. The van der Waals surface area contributed by atoms with Gasteiger partial charge < -0.3 is 16.0 Å². The predicted octanol–water partition coefficient (Wildman–Crippen LogP) is -0.686. The summed E-state index contributed by atoms with van der Waals surface area (Å²) >= 11 is 0. The summed E-state index contributed by atoms with van der Waals surface area (Å²) < 4.78 is 0. The Bertz CT molecular complexity index is 406. The molecule has 1 fully saturated rings. The van der Waals surface area contributed by atoms with E-state index in [1.54, 1.807) is 0 Å². The van der Waals surface area contributed by atoms with Gasteiger partial charge in [-0.2, -0.15) is 15.0 Å². The number of rotatable bonds is 3. The normalized spacial score (nSPS) is 20.9. The van der Waals surface area contributed by atoms with E-state index in [-0.39, 0.29) is 5.95 Å². The number of piperazine rings is 1. The second kappa shape index (κ2) is 5.45. The molecule has 7 heteroatoms. The minimum Gasteiger partial charge on any atom is -0.368 e. The van der Waals surface area contributed by atoms with Gasteiger partial charge in [0.25, 0.3) is 0 Å². The van der Waals surface area contributed by atoms with Crippen molar-refractivity contribution in [2.75, 3.05) is 44.4 Å². The number of hydrogen-bond donors (Lipinski definition) is 2. The largest absolute Gasteiger partial charge is 0.368 e. The van der Waals surface area contributed by atoms with Gasteiger partial charge in [0.15, 0.2) is 0 Å². The van der Waals surface area contributed by atoms with Crippen LogP contribution in [-0.2, 0) is 6.54 Å². The Morgan fingerprint density at radius 1 is 1.39 bits per heavy atom. The molecule has 7 nitrogen and oxygen atoms in total. The zero-order valence-corrected chi connectivity index (χ0v) is 11.2. The summed E-state index contributed by atoms with van der Waals surface area (Å²) in [7, 11) is 3.79. The Labute approximate surface area is 107 Å². The third-order valence-electron chi connectivity index (χ3n) is 2.91. The van der Waals surface area contributed by atoms with Crippen LogP contribution in [0, 0.1) is 0 Å². The molecule has 1 aromatic heterocycles. The van der Waals surface area contributed by atoms with Crippen LogP contribution in [0.25, 0.3) is 0 Å². The molecule has 18 heavy (non-hydrogen) atoms. The molecule has 0 aliphatic carbocycles. The van der Waals surface area contributed by atoms with Crippen LogP contribution < -0.4 is 16.0 Å². The molecule has 0 bridgehead atoms. The lowest BCUT2D eigenvalue weighted by molar-refractivity contribution is 0.195. The molecule has 0 radical (unpaired) electrons. The second-order valence-electron chi connectivity index (χ2n) is 4.89. The second-order valence-corrected chi connectivity index (χ2v) is 4.89. The molecule has 0 spiro atoms. The number of anilines is 2. The smallest absolute Gasteiger partial charge is 0.229 e. The molecule has 1 aliphatic heterocycles. The lowest BCUT2D eigenvalue weighted by Crippen LogP contribution is -2.48. The highest BCUT2D eigenvalue weighted by Gasteiger charge is 2.17. The van der Waals surface area contributed by atoms with Crippen LogP contribution in [0.3, 0.4) is 0 Å². The number of nitrogens with one attached hydrogen (secondary N) is 1. The first kappa shape index (κ1) is 13.0. The average Bonchev–Trinajstić information content (AvgIpc) is 2.28. The van der Waals surface area contributed by atoms with Gasteiger partial charge in [-0.1, -0.05) is 0 Å². The molecule has 1 aromatic rings. The molecule has 1 atom stereocenters. The molecule has 3 N–H and O–H groups in total. The van der Waals surface area contributed by atoms with Gasteiger partial charge in [0.2, 0.25) is 11.9 Å². The van der Waals surface area contributed by atoms with Crippen molar-refractivity contribution in [2.45, 2.75) is 19.5 Å². The Morgan fingerprint density at radius 2 is 2.17 bits per heavy atom. The summed E-state index contributed by atoms with van der Waals surface area (Å²) in [6, 6.07) is 0.506. The van der Waals surface area contributed by atoms with Crippen molar-refractivity contribution in [3.63, 3.8) is 0 Å². The van der Waals surface area contributed by atoms with Crippen LogP contribution in [0.1, 0.15) is 12.7 Å². The van der Waals surface area contributed by atoms with E-state index < -0.39 is 0 Å². The maximum atomic E-state index is 5.71. The van der Waals surface area contributed by atoms with Crippen molar-refractivity contribution in [1.82, 2.24) is 25.2 Å². The van der Waals surface area contributed by atoms with Crippen molar-refractivity contribution in [3.8, 4) is 0 Å². The fourth-order valence-corrected chi connectivity index (χ4v) is 2.05. The monoisotopic (exact) mass is 251 g/mol. The Morgan fingerprint density at radius 3 is 2.83 bits per heavy atom. The van der Waals surface area contributed by atoms with E-state index in [9.17, 15) is 0 Å². The van der Waals surface area contributed by atoms with Gasteiger partial charge in [0.1, 0.15) is 5.82 Å². The molecule has 0 amide bonds. The van der Waals surface area contributed by atoms with Crippen LogP contribution in [-0.4, -0.2) is 59.6 Å². The van der Waals surface area contributed by atoms with Crippen LogP contribution in [0.4, 0.5) is 11.9 Å². The zero-order chi connectivity index (χ0) is 13.1. The van der Waals surface area contributed by atoms with E-state index in [2.05, 4.69) is 32.1 Å². The van der Waals surface area contributed by atoms with Crippen LogP contribution in [0.5, 0.6) is 0 Å². The van der Waals surface area contributed by atoms with E-state index in [0.29, 0.717) is 12.0 Å². The highest BCUT2D eigenvalue weighted by molar-refractivity contribution is 5.32. The molecule has 100 valence electrons. The number of hydrogen-bond acceptors (Lipinski definition) is 7. The van der Waals surface area contributed by atoms with Crippen LogP contribution in [0.2, 0.25) is 0 Å². The maximum absolute atomic E-state index is 5.71. The van der Waals surface area contributed by atoms with Crippen molar-refractivity contribution in [3.05, 3.63) is 5.82 Å². The molecule has 2 rings (SSSR count). The SMILES string of the molecule is C[C@H]1CN(Cc2nc(N)nc(N(C)C)n2)CCN1. The van der Waals surface area contributed by atoms with Crippen molar-refractivity contribution < 1.29 is 0 Å². The molecule has 0 aromatic carbocycles. The van der Waals surface area contributed by atoms with Gasteiger partial charge in [-0.25, -0.2) is 0 Å². The van der Waals surface area contributed by atoms with Gasteiger partial charge in [0.05, 0.1) is 6.54 Å². The Kier molecular flexibility index (Phi) is 3.93. The van der Waals surface area contributed by atoms with Gasteiger partial charge in [-0.3, -0.25) is 4.90 Å². The van der Waals surface area contributed by atoms with Gasteiger partial charge >= 0.3 is 0 Å². The predicted molar refractivity (Wildman–Crippen MR) is 71.3 cm³/mol. The first-order valence-corrected chi connectivity index (χ1v) is 6.18. The van der Waals surface area contributed by atoms with Crippen molar-refractivity contribution in [2.24, 2.45) is 0 Å². The van der Waals surface area contributed by atoms with E-state index in [1.807, 2.05) is 19.0 Å². The molecular weight excluding hydrogens is 230 g/mol. The summed E-state index contributed by atoms with van der Waals surface area (Å²) in [6.45, 7) is 5.91. The summed E-state index contributed by atoms with van der Waals surface area (Å²) in [5.41, 5.74) is 5.71. The first-order valence-electron chi connectivity index (χ1n) is 6.18. The minimum absolute atomic E-state index is 0.284. The van der Waals surface area contributed by atoms with E-state index in [0.717, 1.165) is 32.0 Å². The summed E-state index contributed by atoms with van der Waals surface area (Å²) in [4.78, 5) is 16.9. The van der Waals surface area contributed by atoms with Gasteiger partial charge in [-0.15, -0.1) is 0 Å². The van der Waals surface area contributed by atoms with Gasteiger partial charge in [0, 0.05) is 39.8 Å². The number of aromatic nitrogens is 3. The van der Waals surface area contributed by atoms with Crippen molar-refractivity contribution in [1.29, 1.82) is 0 Å². The van der Waals surface area contributed by atoms with Crippen LogP contribution in [0.15, 0.2) is 0 Å². The third-order valence-corrected chi connectivity index (χ3v) is 2.91. The van der Waals surface area contributed by atoms with Gasteiger partial charge in [-0.05, 0) is 6.92 Å². The molecule has 1 aliphatic rings. The third kappa shape index (κ3) is 3.27. The molecule has 0 unspecified atom stereocenters. The molecule has 0 saturated carbocycles. The lowest BCUT2D eigenvalue weighted by atomic mass is 10.2. The van der Waals surface area contributed by atoms with Crippen LogP contribution >= 0.6 is 0 Å². The highest BCUT2D eigenvalue weighted by atomic mass is 15.3. The maximum Gasteiger partial charge on any atom is 0.229 e. The number of nitrogen functional groups attached to an aromatic ring is 1. The minimum atomic E-state index is 0.284. The Hall–Kier alpha value is -1.47. The summed E-state index contributed by atoms with van der Waals surface area (Å²) in [6.07, 6.45) is 0. The topological polar surface area (TPSA) is 83.2 Å².